The molecule has 2 heterocycles. The lowest BCUT2D eigenvalue weighted by atomic mass is 9.50. The van der Waals surface area contributed by atoms with Crippen LogP contribution in [-0.4, -0.2) is 113 Å². The van der Waals surface area contributed by atoms with Crippen molar-refractivity contribution in [3.05, 3.63) is 35.1 Å². The van der Waals surface area contributed by atoms with E-state index in [0.717, 1.165) is 25.0 Å². The molecule has 0 unspecified atom stereocenters. The summed E-state index contributed by atoms with van der Waals surface area (Å²) in [4.78, 5) is 74.8. The summed E-state index contributed by atoms with van der Waals surface area (Å²) in [7, 11) is 3.46. The number of carbonyl (C=O) groups is 6. The highest BCUT2D eigenvalue weighted by Gasteiger charge is 2.72. The van der Waals surface area contributed by atoms with Crippen molar-refractivity contribution in [2.45, 2.75) is 87.4 Å². The van der Waals surface area contributed by atoms with Crippen LogP contribution in [0.4, 0.5) is 0 Å². The molecule has 254 valence electrons. The lowest BCUT2D eigenvalue weighted by Crippen LogP contribution is -2.74. The lowest BCUT2D eigenvalue weighted by molar-refractivity contribution is -0.177. The van der Waals surface area contributed by atoms with Gasteiger partial charge in [-0.05, 0) is 51.1 Å². The first-order chi connectivity index (χ1) is 22.1. The summed E-state index contributed by atoms with van der Waals surface area (Å²) in [5, 5.41) is 32.3. The Bertz CT molecular complexity index is 1560. The molecule has 1 saturated heterocycles. The van der Waals surface area contributed by atoms with E-state index in [-0.39, 0.29) is 18.2 Å². The molecule has 1 fully saturated rings. The fourth-order valence-electron chi connectivity index (χ4n) is 7.25. The fourth-order valence-corrected chi connectivity index (χ4v) is 7.25. The van der Waals surface area contributed by atoms with Crippen molar-refractivity contribution in [1.29, 1.82) is 0 Å². The average molecular weight is 661 g/mol. The monoisotopic (exact) mass is 660 g/mol. The second-order valence-corrected chi connectivity index (χ2v) is 12.1. The molecule has 0 radical (unpaired) electrons. The summed E-state index contributed by atoms with van der Waals surface area (Å²) in [6.07, 6.45) is -3.37. The largest absolute Gasteiger partial charge is 0.493 e. The second-order valence-electron chi connectivity index (χ2n) is 12.1. The Balaban J connectivity index is 1.33. The topological polar surface area (TPSA) is 225 Å². The van der Waals surface area contributed by atoms with Crippen LogP contribution in [0.2, 0.25) is 0 Å². The molecule has 4 N–H and O–H groups in total. The molecule has 0 aromatic heterocycles. The highest BCUT2D eigenvalue weighted by Crippen LogP contribution is 2.65. The third-order valence-electron chi connectivity index (χ3n) is 9.37. The van der Waals surface area contributed by atoms with Gasteiger partial charge in [-0.1, -0.05) is 6.07 Å². The van der Waals surface area contributed by atoms with Gasteiger partial charge in [0.1, 0.15) is 11.8 Å². The predicted octanol–water partition coefficient (Wildman–Crippen LogP) is -0.186. The van der Waals surface area contributed by atoms with Crippen LogP contribution in [0.15, 0.2) is 24.0 Å². The maximum absolute atomic E-state index is 13.3. The van der Waals surface area contributed by atoms with Gasteiger partial charge in [0.2, 0.25) is 6.10 Å². The first-order valence-corrected chi connectivity index (χ1v) is 15.0. The maximum Gasteiger partial charge on any atom is 0.348 e. The summed E-state index contributed by atoms with van der Waals surface area (Å²) >= 11 is 0. The maximum atomic E-state index is 13.3. The minimum Gasteiger partial charge on any atom is -0.493 e. The first-order valence-electron chi connectivity index (χ1n) is 15.0. The fraction of sp³-hybridized carbons (Fsp3) is 0.548. The minimum atomic E-state index is -1.85. The van der Waals surface area contributed by atoms with Crippen molar-refractivity contribution in [3.8, 4) is 11.5 Å². The Morgan fingerprint density at radius 1 is 1.13 bits per heavy atom. The number of hydrogen-bond acceptors (Lipinski definition) is 13. The van der Waals surface area contributed by atoms with Crippen molar-refractivity contribution in [3.63, 3.8) is 0 Å². The van der Waals surface area contributed by atoms with Crippen LogP contribution in [-0.2, 0) is 54.8 Å². The number of esters is 3. The molecular weight excluding hydrogens is 624 g/mol. The number of carboxylic acids is 2. The van der Waals surface area contributed by atoms with E-state index in [0.29, 0.717) is 30.9 Å². The number of rotatable bonds is 12. The first kappa shape index (κ1) is 33.7. The molecule has 5 rings (SSSR count). The van der Waals surface area contributed by atoms with E-state index in [2.05, 4.69) is 4.90 Å². The number of aliphatic hydroxyl groups is 1. The molecule has 16 nitrogen and oxygen atoms in total. The van der Waals surface area contributed by atoms with Crippen LogP contribution in [0, 0.1) is 0 Å². The molecular formula is C31H36N2O14. The standard InChI is InChI=1S/C31H36N2O14/c1-14(27(38)32-17(28(39)40)12-22(35)36)44-29(41)20(45-15(2)34)13-23(37)46-19-7-8-31(42)21-11-16-5-6-18(43-4)25-24(16)30(31,26(19)47-25)9-10-33(21)3/h5-7,14,17,20-21,26,42H,8-13H2,1-4H3,(H,32,38)(H,35,36)(H,39,40)/t14-,17+,20-,21+,26-,30-,31+/m0/s1. The normalized spacial score (nSPS) is 27.0. The van der Waals surface area contributed by atoms with Gasteiger partial charge in [0, 0.05) is 24.9 Å². The Hall–Kier alpha value is -4.70. The van der Waals surface area contributed by atoms with E-state index in [1.165, 1.54) is 7.11 Å². The number of hydrogen-bond donors (Lipinski definition) is 4. The summed E-state index contributed by atoms with van der Waals surface area (Å²) in [6.45, 7) is 2.71. The highest BCUT2D eigenvalue weighted by molar-refractivity contribution is 5.91. The van der Waals surface area contributed by atoms with Crippen LogP contribution >= 0.6 is 0 Å². The Labute approximate surface area is 268 Å². The number of nitrogens with zero attached hydrogens (tertiary/aromatic N) is 1. The van der Waals surface area contributed by atoms with Crippen molar-refractivity contribution in [2.75, 3.05) is 20.7 Å². The van der Waals surface area contributed by atoms with Gasteiger partial charge < -0.3 is 49.2 Å². The zero-order chi connectivity index (χ0) is 34.4. The number of ether oxygens (including phenoxy) is 5. The van der Waals surface area contributed by atoms with Crippen LogP contribution < -0.4 is 14.8 Å². The third-order valence-corrected chi connectivity index (χ3v) is 9.37. The van der Waals surface area contributed by atoms with Crippen molar-refractivity contribution in [1.82, 2.24) is 10.2 Å². The predicted molar refractivity (Wildman–Crippen MR) is 155 cm³/mol. The quantitative estimate of drug-likeness (QED) is 0.168. The Kier molecular flexibility index (Phi) is 8.94. The van der Waals surface area contributed by atoms with Gasteiger partial charge in [-0.15, -0.1) is 0 Å². The molecule has 47 heavy (non-hydrogen) atoms. The zero-order valence-corrected chi connectivity index (χ0v) is 26.1. The molecule has 1 amide bonds. The summed E-state index contributed by atoms with van der Waals surface area (Å²) in [6, 6.07) is 1.71. The Morgan fingerprint density at radius 3 is 2.49 bits per heavy atom. The summed E-state index contributed by atoms with van der Waals surface area (Å²) < 4.78 is 27.8. The van der Waals surface area contributed by atoms with E-state index >= 15 is 0 Å². The molecule has 7 atom stereocenters. The van der Waals surface area contributed by atoms with Crippen LogP contribution in [0.25, 0.3) is 0 Å². The minimum absolute atomic E-state index is 0.106. The number of carboxylic acid groups (broad SMARTS) is 2. The number of methoxy groups -OCH3 is 1. The number of piperidine rings is 1. The number of likely N-dealkylation sites (tertiary alicyclic amines) is 1. The van der Waals surface area contributed by atoms with E-state index in [4.69, 9.17) is 33.9 Å². The SMILES string of the molecule is COc1ccc2c3c1O[C@H]1C(OC(=O)C[C@H](OC(C)=O)C(=O)O[C@@H](C)C(=O)N[C@H](CC(=O)O)C(=O)O)=CC[C@@]4(O)[C@@H](C2)N(C)CC[C@]314. The van der Waals surface area contributed by atoms with Crippen molar-refractivity contribution >= 4 is 35.8 Å². The second kappa shape index (κ2) is 12.5. The number of likely N-dealkylation sites (N-methyl/N-ethyl adjacent to an activating group) is 1. The molecule has 1 aromatic carbocycles. The van der Waals surface area contributed by atoms with Crippen LogP contribution in [0.3, 0.4) is 0 Å². The third kappa shape index (κ3) is 5.75. The van der Waals surface area contributed by atoms with E-state index < -0.39 is 84.0 Å². The van der Waals surface area contributed by atoms with Gasteiger partial charge >= 0.3 is 29.8 Å². The van der Waals surface area contributed by atoms with Gasteiger partial charge in [-0.25, -0.2) is 9.59 Å². The van der Waals surface area contributed by atoms with E-state index in [1.807, 2.05) is 18.4 Å². The molecule has 1 aromatic rings. The van der Waals surface area contributed by atoms with Gasteiger partial charge in [0.15, 0.2) is 23.7 Å². The lowest BCUT2D eigenvalue weighted by Gasteiger charge is -2.61. The van der Waals surface area contributed by atoms with Gasteiger partial charge in [-0.2, -0.15) is 0 Å². The molecule has 2 aliphatic heterocycles. The smallest absolute Gasteiger partial charge is 0.348 e. The zero-order valence-electron chi connectivity index (χ0n) is 26.1. The van der Waals surface area contributed by atoms with E-state index in [9.17, 15) is 33.9 Å². The molecule has 16 heteroatoms. The summed E-state index contributed by atoms with van der Waals surface area (Å²) in [5.74, 6) is -6.46. The molecule has 2 aliphatic carbocycles. The molecule has 4 aliphatic rings. The number of amides is 1. The molecule has 2 bridgehead atoms. The Morgan fingerprint density at radius 2 is 1.85 bits per heavy atom. The molecule has 0 saturated carbocycles. The van der Waals surface area contributed by atoms with Gasteiger partial charge in [0.05, 0.1) is 31.0 Å². The van der Waals surface area contributed by atoms with Crippen LogP contribution in [0.1, 0.15) is 50.7 Å². The van der Waals surface area contributed by atoms with E-state index in [1.54, 1.807) is 12.1 Å². The highest BCUT2D eigenvalue weighted by atomic mass is 16.6. The van der Waals surface area contributed by atoms with Crippen molar-refractivity contribution in [2.24, 2.45) is 0 Å². The van der Waals surface area contributed by atoms with Gasteiger partial charge in [-0.3, -0.25) is 19.2 Å². The molecule has 1 spiro atoms. The average Bonchev–Trinajstić information content (AvgIpc) is 3.35. The number of carbonyl (C=O) groups excluding carboxylic acids is 4. The van der Waals surface area contributed by atoms with Gasteiger partial charge in [0.25, 0.3) is 5.91 Å². The number of aliphatic carboxylic acids is 2. The van der Waals surface area contributed by atoms with Crippen LogP contribution in [0.5, 0.6) is 11.5 Å². The number of benzene rings is 1. The van der Waals surface area contributed by atoms with Crippen molar-refractivity contribution < 1.29 is 67.8 Å². The number of nitrogens with one attached hydrogen (secondary N) is 1. The summed E-state index contributed by atoms with van der Waals surface area (Å²) in [5.41, 5.74) is -0.406.